The lowest BCUT2D eigenvalue weighted by Gasteiger charge is -2.08. The maximum atomic E-state index is 12.2. The van der Waals surface area contributed by atoms with Gasteiger partial charge in [-0.3, -0.25) is 9.78 Å². The third kappa shape index (κ3) is 3.42. The normalized spacial score (nSPS) is 12.8. The molecular weight excluding hydrogens is 286 g/mol. The van der Waals surface area contributed by atoms with Crippen LogP contribution in [0.2, 0.25) is 5.02 Å². The second kappa shape index (κ2) is 6.27. The number of fused-ring (bicyclic) bond motifs is 1. The van der Waals surface area contributed by atoms with Gasteiger partial charge in [0.2, 0.25) is 0 Å². The standard InChI is InChI=1S/C17H16ClNO2/c18-14-9-12-6-8-21-17(12)13(10-14)11-16(20)5-4-15-3-1-2-7-19-15/h1-3,7,9-10H,4-6,8,11H2. The number of carbonyl (C=O) groups is 1. The molecule has 1 aromatic carbocycles. The van der Waals surface area contributed by atoms with Gasteiger partial charge in [0.25, 0.3) is 0 Å². The number of ether oxygens (including phenoxy) is 1. The lowest BCUT2D eigenvalue weighted by atomic mass is 10.0. The first-order valence-corrected chi connectivity index (χ1v) is 7.46. The molecule has 21 heavy (non-hydrogen) atoms. The van der Waals surface area contributed by atoms with E-state index in [0.717, 1.165) is 29.0 Å². The van der Waals surface area contributed by atoms with Crippen molar-refractivity contribution in [2.24, 2.45) is 0 Å². The maximum Gasteiger partial charge on any atom is 0.137 e. The van der Waals surface area contributed by atoms with Gasteiger partial charge in [-0.05, 0) is 36.2 Å². The minimum Gasteiger partial charge on any atom is -0.493 e. The van der Waals surface area contributed by atoms with Crippen LogP contribution in [0.5, 0.6) is 5.75 Å². The minimum atomic E-state index is 0.181. The molecule has 0 unspecified atom stereocenters. The molecule has 0 atom stereocenters. The zero-order valence-corrected chi connectivity index (χ0v) is 12.4. The number of pyridine rings is 1. The molecule has 0 spiro atoms. The zero-order valence-electron chi connectivity index (χ0n) is 11.6. The van der Waals surface area contributed by atoms with Gasteiger partial charge in [-0.2, -0.15) is 0 Å². The van der Waals surface area contributed by atoms with Crippen LogP contribution in [-0.2, 0) is 24.1 Å². The van der Waals surface area contributed by atoms with E-state index in [1.165, 1.54) is 0 Å². The summed E-state index contributed by atoms with van der Waals surface area (Å²) >= 11 is 6.11. The van der Waals surface area contributed by atoms with Crippen LogP contribution in [0, 0.1) is 0 Å². The predicted molar refractivity (Wildman–Crippen MR) is 81.9 cm³/mol. The fraction of sp³-hybridized carbons (Fsp3) is 0.294. The Bertz CT molecular complexity index is 655. The van der Waals surface area contributed by atoms with Crippen LogP contribution in [-0.4, -0.2) is 17.4 Å². The summed E-state index contributed by atoms with van der Waals surface area (Å²) in [5.41, 5.74) is 2.95. The van der Waals surface area contributed by atoms with Gasteiger partial charge < -0.3 is 4.74 Å². The Morgan fingerprint density at radius 1 is 1.33 bits per heavy atom. The predicted octanol–water partition coefficient (Wildman–Crippen LogP) is 3.41. The van der Waals surface area contributed by atoms with Crippen LogP contribution in [0.25, 0.3) is 0 Å². The lowest BCUT2D eigenvalue weighted by Crippen LogP contribution is -2.06. The SMILES string of the molecule is O=C(CCc1ccccn1)Cc1cc(Cl)cc2c1OCC2. The number of aryl methyl sites for hydroxylation is 1. The molecule has 0 bridgehead atoms. The van der Waals surface area contributed by atoms with Crippen molar-refractivity contribution in [2.45, 2.75) is 25.7 Å². The van der Waals surface area contributed by atoms with Crippen molar-refractivity contribution in [3.05, 3.63) is 58.4 Å². The first-order chi connectivity index (χ1) is 10.2. The third-order valence-corrected chi connectivity index (χ3v) is 3.82. The average molecular weight is 302 g/mol. The second-order valence-electron chi connectivity index (χ2n) is 5.19. The van der Waals surface area contributed by atoms with Crippen LogP contribution in [0.4, 0.5) is 0 Å². The monoisotopic (exact) mass is 301 g/mol. The topological polar surface area (TPSA) is 39.2 Å². The van der Waals surface area contributed by atoms with E-state index in [0.29, 0.717) is 30.9 Å². The van der Waals surface area contributed by atoms with Crippen LogP contribution < -0.4 is 4.74 Å². The van der Waals surface area contributed by atoms with Crippen LogP contribution in [0.1, 0.15) is 23.2 Å². The Morgan fingerprint density at radius 3 is 3.05 bits per heavy atom. The van der Waals surface area contributed by atoms with Gasteiger partial charge in [-0.1, -0.05) is 17.7 Å². The summed E-state index contributed by atoms with van der Waals surface area (Å²) in [4.78, 5) is 16.4. The number of nitrogens with zero attached hydrogens (tertiary/aromatic N) is 1. The summed E-state index contributed by atoms with van der Waals surface area (Å²) in [5.74, 6) is 1.03. The van der Waals surface area contributed by atoms with Crippen LogP contribution >= 0.6 is 11.6 Å². The Hall–Kier alpha value is -1.87. The van der Waals surface area contributed by atoms with E-state index >= 15 is 0 Å². The fourth-order valence-electron chi connectivity index (χ4n) is 2.59. The first-order valence-electron chi connectivity index (χ1n) is 7.08. The van der Waals surface area contributed by atoms with E-state index in [-0.39, 0.29) is 5.78 Å². The van der Waals surface area contributed by atoms with Gasteiger partial charge in [0.05, 0.1) is 6.61 Å². The van der Waals surface area contributed by atoms with E-state index in [1.807, 2.05) is 30.3 Å². The number of carbonyl (C=O) groups excluding carboxylic acids is 1. The molecule has 108 valence electrons. The van der Waals surface area contributed by atoms with Crippen molar-refractivity contribution in [2.75, 3.05) is 6.61 Å². The van der Waals surface area contributed by atoms with E-state index in [9.17, 15) is 4.79 Å². The number of aromatic nitrogens is 1. The quantitative estimate of drug-likeness (QED) is 0.849. The van der Waals surface area contributed by atoms with E-state index < -0.39 is 0 Å². The summed E-state index contributed by atoms with van der Waals surface area (Å²) in [7, 11) is 0. The Kier molecular flexibility index (Phi) is 4.20. The molecule has 1 aliphatic rings. The molecule has 2 heterocycles. The Balaban J connectivity index is 1.65. The molecule has 2 aromatic rings. The second-order valence-corrected chi connectivity index (χ2v) is 5.62. The van der Waals surface area contributed by atoms with E-state index in [2.05, 4.69) is 4.98 Å². The molecule has 0 radical (unpaired) electrons. The number of benzene rings is 1. The summed E-state index contributed by atoms with van der Waals surface area (Å²) < 4.78 is 5.63. The number of hydrogen-bond acceptors (Lipinski definition) is 3. The number of hydrogen-bond donors (Lipinski definition) is 0. The highest BCUT2D eigenvalue weighted by atomic mass is 35.5. The summed E-state index contributed by atoms with van der Waals surface area (Å²) in [6.07, 6.45) is 4.14. The van der Waals surface area contributed by atoms with Crippen molar-refractivity contribution in [3.63, 3.8) is 0 Å². The highest BCUT2D eigenvalue weighted by Crippen LogP contribution is 2.33. The van der Waals surface area contributed by atoms with Crippen molar-refractivity contribution in [3.8, 4) is 5.75 Å². The molecule has 0 aliphatic carbocycles. The first kappa shape index (κ1) is 14.1. The van der Waals surface area contributed by atoms with Crippen molar-refractivity contribution in [1.29, 1.82) is 0 Å². The third-order valence-electron chi connectivity index (χ3n) is 3.60. The van der Waals surface area contributed by atoms with Crippen LogP contribution in [0.15, 0.2) is 36.5 Å². The number of Topliss-reactive ketones (excluding diaryl/α,β-unsaturated/α-hetero) is 1. The molecule has 1 aromatic heterocycles. The summed E-state index contributed by atoms with van der Waals surface area (Å²) in [6, 6.07) is 9.51. The molecule has 4 heteroatoms. The van der Waals surface area contributed by atoms with Crippen molar-refractivity contribution < 1.29 is 9.53 Å². The Labute approximate surface area is 128 Å². The summed E-state index contributed by atoms with van der Waals surface area (Å²) in [5, 5.41) is 0.673. The van der Waals surface area contributed by atoms with Gasteiger partial charge in [-0.25, -0.2) is 0 Å². The molecule has 0 N–H and O–H groups in total. The van der Waals surface area contributed by atoms with Crippen molar-refractivity contribution >= 4 is 17.4 Å². The molecule has 1 aliphatic heterocycles. The minimum absolute atomic E-state index is 0.181. The largest absolute Gasteiger partial charge is 0.493 e. The van der Waals surface area contributed by atoms with Gasteiger partial charge >= 0.3 is 0 Å². The maximum absolute atomic E-state index is 12.2. The highest BCUT2D eigenvalue weighted by molar-refractivity contribution is 6.30. The number of ketones is 1. The van der Waals surface area contributed by atoms with E-state index in [1.54, 1.807) is 6.20 Å². The molecule has 0 saturated carbocycles. The van der Waals surface area contributed by atoms with Gasteiger partial charge in [0, 0.05) is 41.7 Å². The van der Waals surface area contributed by atoms with E-state index in [4.69, 9.17) is 16.3 Å². The Morgan fingerprint density at radius 2 is 2.24 bits per heavy atom. The smallest absolute Gasteiger partial charge is 0.137 e. The van der Waals surface area contributed by atoms with Gasteiger partial charge in [0.15, 0.2) is 0 Å². The molecule has 3 rings (SSSR count). The molecule has 3 nitrogen and oxygen atoms in total. The lowest BCUT2D eigenvalue weighted by molar-refractivity contribution is -0.118. The van der Waals surface area contributed by atoms with Gasteiger partial charge in [-0.15, -0.1) is 0 Å². The zero-order chi connectivity index (χ0) is 14.7. The number of rotatable bonds is 5. The van der Waals surface area contributed by atoms with Crippen molar-refractivity contribution in [1.82, 2.24) is 4.98 Å². The van der Waals surface area contributed by atoms with Crippen LogP contribution in [0.3, 0.4) is 0 Å². The molecule has 0 fully saturated rings. The molecule has 0 amide bonds. The van der Waals surface area contributed by atoms with Gasteiger partial charge in [0.1, 0.15) is 11.5 Å². The highest BCUT2D eigenvalue weighted by Gasteiger charge is 2.19. The average Bonchev–Trinajstić information content (AvgIpc) is 2.94. The fourth-order valence-corrected chi connectivity index (χ4v) is 2.86. The molecular formula is C17H16ClNO2. The molecule has 0 saturated heterocycles. The summed E-state index contributed by atoms with van der Waals surface area (Å²) in [6.45, 7) is 0.671. The number of halogens is 1.